The van der Waals surface area contributed by atoms with Gasteiger partial charge in [-0.1, -0.05) is 23.7 Å². The molecule has 2 aromatic heterocycles. The number of pyridine rings is 1. The minimum atomic E-state index is -0.283. The highest BCUT2D eigenvalue weighted by atomic mass is 35.5. The van der Waals surface area contributed by atoms with Gasteiger partial charge in [0.25, 0.3) is 5.56 Å². The molecule has 0 aliphatic rings. The predicted octanol–water partition coefficient (Wildman–Crippen LogP) is 1.23. The lowest BCUT2D eigenvalue weighted by molar-refractivity contribution is 0.817. The number of halogens is 1. The maximum absolute atomic E-state index is 12.4. The molecule has 2 radical (unpaired) electrons. The van der Waals surface area contributed by atoms with E-state index >= 15 is 0 Å². The number of aromatic nitrogens is 3. The molecule has 0 saturated heterocycles. The standard InChI is InChI=1S/C13H7BClN3O/c14-11-5-4-9(7-16-11)18-13(19)12-8(6-17-18)2-1-3-10(12)15/h1-7H. The average molecular weight is 267 g/mol. The highest BCUT2D eigenvalue weighted by molar-refractivity contribution is 6.35. The summed E-state index contributed by atoms with van der Waals surface area (Å²) in [6.45, 7) is 0. The number of fused-ring (bicyclic) bond motifs is 1. The van der Waals surface area contributed by atoms with Crippen LogP contribution in [-0.2, 0) is 0 Å². The summed E-state index contributed by atoms with van der Waals surface area (Å²) < 4.78 is 1.25. The maximum Gasteiger partial charge on any atom is 0.280 e. The topological polar surface area (TPSA) is 47.8 Å². The molecule has 19 heavy (non-hydrogen) atoms. The van der Waals surface area contributed by atoms with Crippen molar-refractivity contribution >= 4 is 35.8 Å². The minimum Gasteiger partial charge on any atom is -0.271 e. The van der Waals surface area contributed by atoms with E-state index in [0.29, 0.717) is 27.1 Å². The van der Waals surface area contributed by atoms with Crippen LogP contribution in [0.15, 0.2) is 47.5 Å². The van der Waals surface area contributed by atoms with Crippen LogP contribution in [0.3, 0.4) is 0 Å². The van der Waals surface area contributed by atoms with E-state index in [0.717, 1.165) is 0 Å². The van der Waals surface area contributed by atoms with Crippen LogP contribution in [0.4, 0.5) is 0 Å². The molecule has 0 amide bonds. The Balaban J connectivity index is 2.32. The molecule has 0 N–H and O–H groups in total. The molecule has 1 aromatic carbocycles. The molecule has 4 nitrogen and oxygen atoms in total. The summed E-state index contributed by atoms with van der Waals surface area (Å²) in [4.78, 5) is 16.3. The fourth-order valence-corrected chi connectivity index (χ4v) is 2.12. The van der Waals surface area contributed by atoms with E-state index in [1.807, 2.05) is 0 Å². The summed E-state index contributed by atoms with van der Waals surface area (Å²) >= 11 is 6.07. The van der Waals surface area contributed by atoms with E-state index in [9.17, 15) is 4.79 Å². The Morgan fingerprint density at radius 2 is 2.00 bits per heavy atom. The lowest BCUT2D eigenvalue weighted by Gasteiger charge is -2.06. The molecule has 0 saturated carbocycles. The number of hydrogen-bond donors (Lipinski definition) is 0. The first-order valence-corrected chi connectivity index (χ1v) is 5.93. The number of rotatable bonds is 1. The van der Waals surface area contributed by atoms with Gasteiger partial charge in [0.2, 0.25) is 0 Å². The average Bonchev–Trinajstić information content (AvgIpc) is 2.40. The van der Waals surface area contributed by atoms with Crippen molar-refractivity contribution in [3.05, 3.63) is 58.1 Å². The fraction of sp³-hybridized carbons (Fsp3) is 0. The minimum absolute atomic E-state index is 0.283. The van der Waals surface area contributed by atoms with Gasteiger partial charge in [0.1, 0.15) is 7.85 Å². The summed E-state index contributed by atoms with van der Waals surface area (Å²) in [5, 5.41) is 5.66. The van der Waals surface area contributed by atoms with E-state index in [4.69, 9.17) is 19.4 Å². The van der Waals surface area contributed by atoms with Crippen LogP contribution in [-0.4, -0.2) is 22.6 Å². The normalized spacial score (nSPS) is 10.8. The van der Waals surface area contributed by atoms with Gasteiger partial charge in [-0.2, -0.15) is 9.78 Å². The Bertz CT molecular complexity index is 814. The molecule has 0 fully saturated rings. The van der Waals surface area contributed by atoms with Gasteiger partial charge in [0.15, 0.2) is 0 Å². The predicted molar refractivity (Wildman–Crippen MR) is 75.5 cm³/mol. The van der Waals surface area contributed by atoms with Crippen molar-refractivity contribution in [1.82, 2.24) is 14.8 Å². The van der Waals surface area contributed by atoms with E-state index in [2.05, 4.69) is 10.1 Å². The quantitative estimate of drug-likeness (QED) is 0.623. The lowest BCUT2D eigenvalue weighted by Crippen LogP contribution is -2.22. The van der Waals surface area contributed by atoms with Crippen LogP contribution < -0.4 is 11.2 Å². The Labute approximate surface area is 115 Å². The van der Waals surface area contributed by atoms with Gasteiger partial charge in [-0.25, -0.2) is 0 Å². The Hall–Kier alpha value is -2.14. The second-order valence-electron chi connectivity index (χ2n) is 4.01. The monoisotopic (exact) mass is 267 g/mol. The molecule has 0 aliphatic carbocycles. The summed E-state index contributed by atoms with van der Waals surface area (Å²) in [5.41, 5.74) is 0.645. The van der Waals surface area contributed by atoms with E-state index in [1.165, 1.54) is 10.9 Å². The van der Waals surface area contributed by atoms with Crippen molar-refractivity contribution in [3.8, 4) is 5.69 Å². The molecular weight excluding hydrogens is 260 g/mol. The highest BCUT2D eigenvalue weighted by Crippen LogP contribution is 2.19. The largest absolute Gasteiger partial charge is 0.280 e. The van der Waals surface area contributed by atoms with Gasteiger partial charge in [-0.05, 0) is 23.8 Å². The molecule has 0 bridgehead atoms. The summed E-state index contributed by atoms with van der Waals surface area (Å²) in [6, 6.07) is 8.54. The van der Waals surface area contributed by atoms with Crippen LogP contribution in [0, 0.1) is 0 Å². The van der Waals surface area contributed by atoms with E-state index in [-0.39, 0.29) is 5.56 Å². The molecule has 0 spiro atoms. The Kier molecular flexibility index (Phi) is 2.83. The molecule has 6 heteroatoms. The molecule has 0 unspecified atom stereocenters. The third-order valence-electron chi connectivity index (χ3n) is 2.78. The van der Waals surface area contributed by atoms with Crippen molar-refractivity contribution in [2.45, 2.75) is 0 Å². The molecular formula is C13H7BClN3O. The highest BCUT2D eigenvalue weighted by Gasteiger charge is 2.08. The van der Waals surface area contributed by atoms with Gasteiger partial charge in [0, 0.05) is 5.39 Å². The third kappa shape index (κ3) is 2.02. The molecule has 3 rings (SSSR count). The number of nitrogens with zero attached hydrogens (tertiary/aromatic N) is 3. The second kappa shape index (κ2) is 4.51. The summed E-state index contributed by atoms with van der Waals surface area (Å²) in [5.74, 6) is 0. The van der Waals surface area contributed by atoms with Gasteiger partial charge >= 0.3 is 0 Å². The van der Waals surface area contributed by atoms with Crippen molar-refractivity contribution in [2.24, 2.45) is 0 Å². The third-order valence-corrected chi connectivity index (χ3v) is 3.09. The van der Waals surface area contributed by atoms with Gasteiger partial charge in [-0.15, -0.1) is 0 Å². The van der Waals surface area contributed by atoms with Crippen LogP contribution in [0.1, 0.15) is 0 Å². The SMILES string of the molecule is [B]c1ccc(-n2ncc3cccc(Cl)c3c2=O)cn1. The molecule has 90 valence electrons. The zero-order valence-electron chi connectivity index (χ0n) is 9.75. The van der Waals surface area contributed by atoms with Crippen molar-refractivity contribution in [1.29, 1.82) is 0 Å². The van der Waals surface area contributed by atoms with Crippen LogP contribution >= 0.6 is 11.6 Å². The summed E-state index contributed by atoms with van der Waals surface area (Å²) in [7, 11) is 5.52. The van der Waals surface area contributed by atoms with Crippen molar-refractivity contribution in [3.63, 3.8) is 0 Å². The van der Waals surface area contributed by atoms with Gasteiger partial charge in [0.05, 0.1) is 28.5 Å². The van der Waals surface area contributed by atoms with Crippen molar-refractivity contribution < 1.29 is 0 Å². The smallest absolute Gasteiger partial charge is 0.271 e. The molecule has 3 aromatic rings. The van der Waals surface area contributed by atoms with Gasteiger partial charge < -0.3 is 0 Å². The summed E-state index contributed by atoms with van der Waals surface area (Å²) in [6.07, 6.45) is 3.09. The van der Waals surface area contributed by atoms with Crippen LogP contribution in [0.2, 0.25) is 5.02 Å². The zero-order chi connectivity index (χ0) is 13.4. The molecule has 0 aliphatic heterocycles. The van der Waals surface area contributed by atoms with E-state index in [1.54, 1.807) is 36.5 Å². The van der Waals surface area contributed by atoms with Crippen molar-refractivity contribution in [2.75, 3.05) is 0 Å². The molecule has 2 heterocycles. The first kappa shape index (κ1) is 11.9. The zero-order valence-corrected chi connectivity index (χ0v) is 10.5. The van der Waals surface area contributed by atoms with Gasteiger partial charge in [-0.3, -0.25) is 9.78 Å². The Morgan fingerprint density at radius 1 is 1.16 bits per heavy atom. The van der Waals surface area contributed by atoms with Crippen LogP contribution in [0.25, 0.3) is 16.5 Å². The Morgan fingerprint density at radius 3 is 2.74 bits per heavy atom. The lowest BCUT2D eigenvalue weighted by atomic mass is 10.0. The molecule has 0 atom stereocenters. The first-order valence-electron chi connectivity index (χ1n) is 5.55. The maximum atomic E-state index is 12.4. The van der Waals surface area contributed by atoms with E-state index < -0.39 is 0 Å². The first-order chi connectivity index (χ1) is 9.16. The fourth-order valence-electron chi connectivity index (χ4n) is 1.86. The van der Waals surface area contributed by atoms with Crippen LogP contribution in [0.5, 0.6) is 0 Å². The number of benzene rings is 1. The number of hydrogen-bond acceptors (Lipinski definition) is 3. The second-order valence-corrected chi connectivity index (χ2v) is 4.41.